The zero-order valence-corrected chi connectivity index (χ0v) is 20.9. The maximum absolute atomic E-state index is 13.5. The number of aliphatic hydroxyl groups excluding tert-OH is 1. The van der Waals surface area contributed by atoms with Crippen LogP contribution < -0.4 is 23.8 Å². The van der Waals surface area contributed by atoms with Gasteiger partial charge in [0.15, 0.2) is 11.5 Å². The van der Waals surface area contributed by atoms with E-state index < -0.39 is 23.5 Å². The minimum atomic E-state index is -0.965. The summed E-state index contributed by atoms with van der Waals surface area (Å²) in [5.74, 6) is -0.0337. The average molecular weight is 522 g/mol. The highest BCUT2D eigenvalue weighted by atomic mass is 35.5. The molecule has 5 rings (SSSR count). The number of rotatable bonds is 7. The maximum Gasteiger partial charge on any atom is 0.300 e. The van der Waals surface area contributed by atoms with Crippen LogP contribution in [0.15, 0.2) is 66.2 Å². The number of fused-ring (bicyclic) bond motifs is 1. The van der Waals surface area contributed by atoms with Crippen LogP contribution in [-0.4, -0.2) is 36.8 Å². The van der Waals surface area contributed by atoms with Crippen molar-refractivity contribution in [3.8, 4) is 23.0 Å². The Morgan fingerprint density at radius 3 is 2.46 bits per heavy atom. The predicted molar refractivity (Wildman–Crippen MR) is 138 cm³/mol. The minimum absolute atomic E-state index is 0.0616. The lowest BCUT2D eigenvalue weighted by Crippen LogP contribution is -2.29. The Balaban J connectivity index is 1.71. The Morgan fingerprint density at radius 1 is 0.973 bits per heavy atom. The molecule has 0 aromatic heterocycles. The number of benzene rings is 3. The first-order chi connectivity index (χ1) is 17.9. The second-order valence-corrected chi connectivity index (χ2v) is 8.69. The topological polar surface area (TPSA) is 94.5 Å². The van der Waals surface area contributed by atoms with Gasteiger partial charge in [-0.25, -0.2) is 0 Å². The molecule has 2 aliphatic rings. The van der Waals surface area contributed by atoms with Crippen molar-refractivity contribution < 1.29 is 33.6 Å². The molecule has 0 spiro atoms. The summed E-state index contributed by atoms with van der Waals surface area (Å²) in [6.45, 7) is 4.59. The number of Topliss-reactive ketones (excluding diaryl/α,β-unsaturated/α-hetero) is 1. The Hall–Kier alpha value is -4.17. The summed E-state index contributed by atoms with van der Waals surface area (Å²) in [4.78, 5) is 28.3. The first kappa shape index (κ1) is 24.5. The summed E-state index contributed by atoms with van der Waals surface area (Å²) in [6, 6.07) is 15.8. The van der Waals surface area contributed by atoms with Gasteiger partial charge in [0.25, 0.3) is 11.7 Å². The van der Waals surface area contributed by atoms with Gasteiger partial charge in [0.05, 0.1) is 29.9 Å². The number of carbonyl (C=O) groups is 2. The number of ketones is 1. The van der Waals surface area contributed by atoms with Crippen LogP contribution in [0.5, 0.6) is 23.0 Å². The van der Waals surface area contributed by atoms with Crippen LogP contribution in [-0.2, 0) is 9.59 Å². The van der Waals surface area contributed by atoms with E-state index in [-0.39, 0.29) is 23.0 Å². The second-order valence-electron chi connectivity index (χ2n) is 8.29. The molecule has 190 valence electrons. The highest BCUT2D eigenvalue weighted by Gasteiger charge is 2.47. The Bertz CT molecular complexity index is 1420. The molecule has 0 saturated carbocycles. The third-order valence-corrected chi connectivity index (χ3v) is 6.40. The number of amides is 1. The highest BCUT2D eigenvalue weighted by molar-refractivity contribution is 6.52. The van der Waals surface area contributed by atoms with Crippen LogP contribution in [0.25, 0.3) is 5.76 Å². The molecule has 2 heterocycles. The molecule has 8 nitrogen and oxygen atoms in total. The smallest absolute Gasteiger partial charge is 0.300 e. The lowest BCUT2D eigenvalue weighted by Gasteiger charge is -2.26. The molecule has 1 unspecified atom stereocenters. The summed E-state index contributed by atoms with van der Waals surface area (Å²) >= 11 is 6.42. The van der Waals surface area contributed by atoms with Crippen molar-refractivity contribution in [1.82, 2.24) is 0 Å². The van der Waals surface area contributed by atoms with Crippen molar-refractivity contribution in [2.24, 2.45) is 0 Å². The summed E-state index contributed by atoms with van der Waals surface area (Å²) in [7, 11) is 0. The number of hydrogen-bond acceptors (Lipinski definition) is 7. The molecule has 0 radical (unpaired) electrons. The number of halogens is 1. The van der Waals surface area contributed by atoms with Gasteiger partial charge >= 0.3 is 0 Å². The average Bonchev–Trinajstić information content (AvgIpc) is 3.47. The van der Waals surface area contributed by atoms with Crippen molar-refractivity contribution in [2.75, 3.05) is 24.9 Å². The van der Waals surface area contributed by atoms with Crippen LogP contribution in [0.4, 0.5) is 5.69 Å². The van der Waals surface area contributed by atoms with Crippen molar-refractivity contribution >= 4 is 34.7 Å². The summed E-state index contributed by atoms with van der Waals surface area (Å²) in [5.41, 5.74) is 1.06. The van der Waals surface area contributed by atoms with E-state index in [1.807, 2.05) is 13.8 Å². The molecule has 3 aromatic rings. The van der Waals surface area contributed by atoms with Gasteiger partial charge in [0, 0.05) is 17.3 Å². The van der Waals surface area contributed by atoms with E-state index in [0.29, 0.717) is 47.5 Å². The monoisotopic (exact) mass is 521 g/mol. The fraction of sp³-hybridized carbons (Fsp3) is 0.214. The van der Waals surface area contributed by atoms with Gasteiger partial charge in [-0.15, -0.1) is 0 Å². The molecule has 0 aliphatic carbocycles. The lowest BCUT2D eigenvalue weighted by molar-refractivity contribution is -0.132. The lowest BCUT2D eigenvalue weighted by atomic mass is 9.94. The molecule has 3 aromatic carbocycles. The quantitative estimate of drug-likeness (QED) is 0.249. The Morgan fingerprint density at radius 2 is 1.70 bits per heavy atom. The van der Waals surface area contributed by atoms with Gasteiger partial charge in [-0.2, -0.15) is 0 Å². The van der Waals surface area contributed by atoms with E-state index in [0.717, 1.165) is 0 Å². The molecule has 2 aliphatic heterocycles. The zero-order valence-electron chi connectivity index (χ0n) is 20.2. The van der Waals surface area contributed by atoms with Crippen LogP contribution >= 0.6 is 11.6 Å². The first-order valence-electron chi connectivity index (χ1n) is 11.8. The van der Waals surface area contributed by atoms with Crippen LogP contribution in [0.1, 0.15) is 31.0 Å². The van der Waals surface area contributed by atoms with Crippen molar-refractivity contribution in [3.05, 3.63) is 82.4 Å². The van der Waals surface area contributed by atoms with E-state index >= 15 is 0 Å². The van der Waals surface area contributed by atoms with Crippen molar-refractivity contribution in [1.29, 1.82) is 0 Å². The normalized spacial score (nSPS) is 17.8. The Kier molecular flexibility index (Phi) is 6.67. The van der Waals surface area contributed by atoms with Crippen molar-refractivity contribution in [3.63, 3.8) is 0 Å². The maximum atomic E-state index is 13.5. The molecule has 1 saturated heterocycles. The molecule has 9 heteroatoms. The summed E-state index contributed by atoms with van der Waals surface area (Å²) in [5, 5.41) is 11.7. The van der Waals surface area contributed by atoms with Gasteiger partial charge in [-0.1, -0.05) is 23.7 Å². The molecule has 0 bridgehead atoms. The van der Waals surface area contributed by atoms with Crippen molar-refractivity contribution in [2.45, 2.75) is 19.9 Å². The fourth-order valence-electron chi connectivity index (χ4n) is 4.48. The largest absolute Gasteiger partial charge is 0.507 e. The number of carbonyl (C=O) groups excluding carboxylic acids is 2. The fourth-order valence-corrected chi connectivity index (χ4v) is 4.68. The van der Waals surface area contributed by atoms with E-state index in [1.54, 1.807) is 60.7 Å². The van der Waals surface area contributed by atoms with Crippen LogP contribution in [0.3, 0.4) is 0 Å². The predicted octanol–water partition coefficient (Wildman–Crippen LogP) is 5.49. The molecule has 1 atom stereocenters. The number of ether oxygens (including phenoxy) is 4. The van der Waals surface area contributed by atoms with Gasteiger partial charge in [0.1, 0.15) is 17.3 Å². The number of hydrogen-bond donors (Lipinski definition) is 1. The van der Waals surface area contributed by atoms with E-state index in [1.165, 1.54) is 4.90 Å². The molecule has 1 fully saturated rings. The summed E-state index contributed by atoms with van der Waals surface area (Å²) in [6.07, 6.45) is 0. The standard InChI is InChI=1S/C28H24ClNO7/c1-3-34-18-7-5-6-16(12-18)25-24(26(31)20-14-19(35-4-2)9-10-21(20)29)27(32)28(33)30(25)17-8-11-22-23(13-17)37-15-36-22/h5-14,25,31H,3-4,15H2,1-2H3/b26-24+. The van der Waals surface area contributed by atoms with E-state index in [2.05, 4.69) is 0 Å². The van der Waals surface area contributed by atoms with E-state index in [9.17, 15) is 14.7 Å². The molecular formula is C28H24ClNO7. The van der Waals surface area contributed by atoms with Gasteiger partial charge < -0.3 is 24.1 Å². The number of aliphatic hydroxyl groups is 1. The summed E-state index contributed by atoms with van der Waals surface area (Å²) < 4.78 is 22.1. The third kappa shape index (κ3) is 4.44. The van der Waals surface area contributed by atoms with Crippen LogP contribution in [0, 0.1) is 0 Å². The van der Waals surface area contributed by atoms with Gasteiger partial charge in [0.2, 0.25) is 6.79 Å². The van der Waals surface area contributed by atoms with Crippen LogP contribution in [0.2, 0.25) is 5.02 Å². The molecule has 1 N–H and O–H groups in total. The highest BCUT2D eigenvalue weighted by Crippen LogP contribution is 2.46. The third-order valence-electron chi connectivity index (χ3n) is 6.07. The minimum Gasteiger partial charge on any atom is -0.507 e. The zero-order chi connectivity index (χ0) is 26.1. The molecule has 1 amide bonds. The Labute approximate surface area is 218 Å². The SMILES string of the molecule is CCOc1cccc(C2/C(=C(\O)c3cc(OCC)ccc3Cl)C(=O)C(=O)N2c2ccc3c(c2)OCO3)c1. The van der Waals surface area contributed by atoms with E-state index in [4.69, 9.17) is 30.5 Å². The second kappa shape index (κ2) is 10.1. The molecule has 37 heavy (non-hydrogen) atoms. The number of nitrogens with zero attached hydrogens (tertiary/aromatic N) is 1. The van der Waals surface area contributed by atoms with Gasteiger partial charge in [-0.05, 0) is 61.9 Å². The van der Waals surface area contributed by atoms with Gasteiger partial charge in [-0.3, -0.25) is 14.5 Å². The molecular weight excluding hydrogens is 498 g/mol. The first-order valence-corrected chi connectivity index (χ1v) is 12.2. The number of anilines is 1.